The average molecular weight is 422 g/mol. The quantitative estimate of drug-likeness (QED) is 0.326. The lowest BCUT2D eigenvalue weighted by atomic mass is 10.1. The highest BCUT2D eigenvalue weighted by molar-refractivity contribution is 4.97. The number of hydrogen-bond donors (Lipinski definition) is 0. The summed E-state index contributed by atoms with van der Waals surface area (Å²) in [6.07, 6.45) is -27.1. The molecule has 0 amide bonds. The molecule has 0 saturated heterocycles. The lowest BCUT2D eigenvalue weighted by Gasteiger charge is -2.35. The summed E-state index contributed by atoms with van der Waals surface area (Å²) < 4.78 is 168. The predicted octanol–water partition coefficient (Wildman–Crippen LogP) is 5.82. The fourth-order valence-corrected chi connectivity index (χ4v) is 1.28. The van der Waals surface area contributed by atoms with Crippen molar-refractivity contribution < 1.29 is 66.5 Å². The van der Waals surface area contributed by atoms with Gasteiger partial charge in [0.05, 0.1) is 6.61 Å². The molecule has 0 saturated carbocycles. The highest BCUT2D eigenvalue weighted by atomic mass is 19.4. The van der Waals surface area contributed by atoms with Gasteiger partial charge in [0.1, 0.15) is 0 Å². The molecule has 0 heterocycles. The molecule has 0 aliphatic carbocycles. The third-order valence-electron chi connectivity index (χ3n) is 2.74. The van der Waals surface area contributed by atoms with Gasteiger partial charge >= 0.3 is 36.3 Å². The molecule has 0 aromatic rings. The molecule has 0 rings (SSSR count). The fourth-order valence-electron chi connectivity index (χ4n) is 1.28. The molecule has 0 bridgehead atoms. The third kappa shape index (κ3) is 4.84. The maximum absolute atomic E-state index is 13.0. The second kappa shape index (κ2) is 7.56. The van der Waals surface area contributed by atoms with Gasteiger partial charge in [-0.05, 0) is 6.42 Å². The molecule has 0 radical (unpaired) electrons. The monoisotopic (exact) mass is 422 g/mol. The van der Waals surface area contributed by atoms with Crippen LogP contribution in [-0.4, -0.2) is 43.0 Å². The van der Waals surface area contributed by atoms with E-state index < -0.39 is 43.0 Å². The minimum absolute atomic E-state index is 0.147. The third-order valence-corrected chi connectivity index (χ3v) is 2.74. The Hall–Kier alpha value is -0.990. The first kappa shape index (κ1) is 25.0. The Balaban J connectivity index is 5.49. The van der Waals surface area contributed by atoms with Crippen LogP contribution in [0.5, 0.6) is 0 Å². The number of rotatable bonds is 10. The molecule has 0 aliphatic rings. The summed E-state index contributed by atoms with van der Waals surface area (Å²) >= 11 is 0. The molecule has 0 spiro atoms. The zero-order valence-electron chi connectivity index (χ0n) is 12.6. The second-order valence-electron chi connectivity index (χ2n) is 4.85. The van der Waals surface area contributed by atoms with E-state index >= 15 is 0 Å². The van der Waals surface area contributed by atoms with Crippen molar-refractivity contribution in [3.05, 3.63) is 0 Å². The smallest absolute Gasteiger partial charge is 0.313 e. The van der Waals surface area contributed by atoms with Gasteiger partial charge in [-0.15, -0.1) is 0 Å². The Morgan fingerprint density at radius 1 is 0.577 bits per heavy atom. The summed E-state index contributed by atoms with van der Waals surface area (Å²) in [6.45, 7) is 0.347. The largest absolute Gasteiger partial charge is 0.460 e. The van der Waals surface area contributed by atoms with Crippen molar-refractivity contribution in [2.24, 2.45) is 0 Å². The van der Waals surface area contributed by atoms with Gasteiger partial charge in [-0.2, -0.15) is 57.1 Å². The van der Waals surface area contributed by atoms with E-state index in [-0.39, 0.29) is 12.8 Å². The highest BCUT2D eigenvalue weighted by Gasteiger charge is 2.85. The van der Waals surface area contributed by atoms with Gasteiger partial charge in [0, 0.05) is 0 Å². The molecule has 26 heavy (non-hydrogen) atoms. The Morgan fingerprint density at radius 3 is 1.42 bits per heavy atom. The van der Waals surface area contributed by atoms with Crippen LogP contribution in [0.1, 0.15) is 26.2 Å². The van der Waals surface area contributed by atoms with Crippen LogP contribution < -0.4 is 0 Å². The van der Waals surface area contributed by atoms with Crippen molar-refractivity contribution in [2.45, 2.75) is 62.5 Å². The van der Waals surface area contributed by atoms with Gasteiger partial charge in [-0.25, -0.2) is 4.74 Å². The molecule has 0 atom stereocenters. The maximum atomic E-state index is 13.0. The van der Waals surface area contributed by atoms with Crippen LogP contribution >= 0.6 is 0 Å². The van der Waals surface area contributed by atoms with E-state index in [1.54, 1.807) is 11.7 Å². The Kier molecular flexibility index (Phi) is 7.27. The fraction of sp³-hybridized carbons (Fsp3) is 1.00. The summed E-state index contributed by atoms with van der Waals surface area (Å²) in [4.78, 5) is 0. The summed E-state index contributed by atoms with van der Waals surface area (Å²) in [5.74, 6) is -15.2. The van der Waals surface area contributed by atoms with Crippen molar-refractivity contribution in [3.63, 3.8) is 0 Å². The second-order valence-corrected chi connectivity index (χ2v) is 4.85. The molecule has 0 fully saturated rings. The highest BCUT2D eigenvalue weighted by Crippen LogP contribution is 2.55. The zero-order valence-corrected chi connectivity index (χ0v) is 12.6. The van der Waals surface area contributed by atoms with Gasteiger partial charge in [-0.3, -0.25) is 0 Å². The molecule has 2 nitrogen and oxygen atoms in total. The Labute approximate surface area is 137 Å². The summed E-state index contributed by atoms with van der Waals surface area (Å²) in [5, 5.41) is 0. The minimum atomic E-state index is -7.64. The number of hydrogen-bond acceptors (Lipinski definition) is 2. The molecular formula is C11H11F13O2. The van der Waals surface area contributed by atoms with E-state index in [0.29, 0.717) is 6.42 Å². The molecule has 158 valence electrons. The van der Waals surface area contributed by atoms with Crippen molar-refractivity contribution >= 4 is 0 Å². The molecule has 0 aliphatic heterocycles. The number of unbranched alkanes of at least 4 members (excludes halogenated alkanes) is 2. The average Bonchev–Trinajstić information content (AvgIpc) is 2.40. The van der Waals surface area contributed by atoms with Crippen molar-refractivity contribution in [1.82, 2.24) is 0 Å². The first-order chi connectivity index (χ1) is 11.3. The Morgan fingerprint density at radius 2 is 1.04 bits per heavy atom. The molecule has 15 heteroatoms. The van der Waals surface area contributed by atoms with Gasteiger partial charge < -0.3 is 4.74 Å². The lowest BCUT2D eigenvalue weighted by molar-refractivity contribution is -0.525. The van der Waals surface area contributed by atoms with E-state index in [9.17, 15) is 57.1 Å². The summed E-state index contributed by atoms with van der Waals surface area (Å²) in [6, 6.07) is 0. The number of halogens is 13. The van der Waals surface area contributed by atoms with E-state index in [4.69, 9.17) is 0 Å². The minimum Gasteiger partial charge on any atom is -0.313 e. The molecular weight excluding hydrogens is 411 g/mol. The summed E-state index contributed by atoms with van der Waals surface area (Å²) in [7, 11) is 0. The normalized spacial score (nSPS) is 15.5. The van der Waals surface area contributed by atoms with Gasteiger partial charge in [0.25, 0.3) is 0 Å². The van der Waals surface area contributed by atoms with Crippen LogP contribution in [0.2, 0.25) is 0 Å². The predicted molar refractivity (Wildman–Crippen MR) is 57.4 cm³/mol. The first-order valence-corrected chi connectivity index (χ1v) is 6.56. The summed E-state index contributed by atoms with van der Waals surface area (Å²) in [5.41, 5.74) is 0. The van der Waals surface area contributed by atoms with Crippen molar-refractivity contribution in [2.75, 3.05) is 6.61 Å². The Bertz CT molecular complexity index is 457. The van der Waals surface area contributed by atoms with Crippen LogP contribution in [0.15, 0.2) is 0 Å². The van der Waals surface area contributed by atoms with Gasteiger partial charge in [-0.1, -0.05) is 19.8 Å². The van der Waals surface area contributed by atoms with E-state index in [2.05, 4.69) is 4.74 Å². The zero-order chi connectivity index (χ0) is 21.2. The topological polar surface area (TPSA) is 18.5 Å². The van der Waals surface area contributed by atoms with E-state index in [1.165, 1.54) is 0 Å². The molecule has 0 aromatic carbocycles. The lowest BCUT2D eigenvalue weighted by Crippen LogP contribution is -2.64. The van der Waals surface area contributed by atoms with E-state index in [0.717, 1.165) is 0 Å². The molecule has 0 unspecified atom stereocenters. The number of alkyl halides is 13. The molecule has 0 aromatic heterocycles. The van der Waals surface area contributed by atoms with Crippen LogP contribution in [0, 0.1) is 0 Å². The van der Waals surface area contributed by atoms with Crippen LogP contribution in [-0.2, 0) is 9.47 Å². The van der Waals surface area contributed by atoms with Gasteiger partial charge in [0.15, 0.2) is 0 Å². The SMILES string of the molecule is CCCCCOC(F)(F)C(F)(F)OC(F)(F)C(F)(F)C(F)(F)C(F)(F)F. The number of ether oxygens (including phenoxy) is 2. The van der Waals surface area contributed by atoms with Crippen LogP contribution in [0.25, 0.3) is 0 Å². The van der Waals surface area contributed by atoms with Crippen LogP contribution in [0.4, 0.5) is 57.1 Å². The molecule has 0 N–H and O–H groups in total. The first-order valence-electron chi connectivity index (χ1n) is 6.56. The van der Waals surface area contributed by atoms with Crippen LogP contribution in [0.3, 0.4) is 0 Å². The van der Waals surface area contributed by atoms with E-state index in [1.807, 2.05) is 0 Å². The van der Waals surface area contributed by atoms with Crippen molar-refractivity contribution in [1.29, 1.82) is 0 Å². The maximum Gasteiger partial charge on any atom is 0.460 e. The standard InChI is InChI=1S/C11H11F13O2/c1-2-3-4-5-25-10(21,22)11(23,24)26-9(19,20)7(14,15)6(12,13)8(16,17)18/h2-5H2,1H3. The van der Waals surface area contributed by atoms with Gasteiger partial charge in [0.2, 0.25) is 0 Å². The van der Waals surface area contributed by atoms with Crippen molar-refractivity contribution in [3.8, 4) is 0 Å².